The number of aromatic nitrogens is 3. The lowest BCUT2D eigenvalue weighted by Crippen LogP contribution is -2.41. The van der Waals surface area contributed by atoms with E-state index in [1.807, 2.05) is 29.2 Å². The van der Waals surface area contributed by atoms with Gasteiger partial charge in [0.15, 0.2) is 0 Å². The standard InChI is InChI=1S/C16H22BN3O2/c1-6-20-11-13(14(19-20)12-8-7-9-18-10-12)17-21-15(2,3)16(4,5)22-17/h7-11H,6H2,1-5H3. The molecular formula is C16H22BN3O2. The third-order valence-corrected chi connectivity index (χ3v) is 4.56. The van der Waals surface area contributed by atoms with Gasteiger partial charge < -0.3 is 9.31 Å². The van der Waals surface area contributed by atoms with Crippen LogP contribution in [0.15, 0.2) is 30.7 Å². The van der Waals surface area contributed by atoms with E-state index in [0.29, 0.717) is 0 Å². The van der Waals surface area contributed by atoms with Crippen molar-refractivity contribution in [2.24, 2.45) is 0 Å². The molecule has 2 aromatic rings. The summed E-state index contributed by atoms with van der Waals surface area (Å²) in [6, 6.07) is 3.92. The van der Waals surface area contributed by atoms with E-state index >= 15 is 0 Å². The Bertz CT molecular complexity index is 651. The first-order valence-electron chi connectivity index (χ1n) is 7.67. The normalized spacial score (nSPS) is 19.6. The van der Waals surface area contributed by atoms with Gasteiger partial charge in [0.1, 0.15) is 0 Å². The Morgan fingerprint density at radius 2 is 1.86 bits per heavy atom. The molecule has 0 aromatic carbocycles. The van der Waals surface area contributed by atoms with Crippen LogP contribution in [0, 0.1) is 0 Å². The highest BCUT2D eigenvalue weighted by Gasteiger charge is 2.52. The van der Waals surface area contributed by atoms with E-state index in [-0.39, 0.29) is 11.2 Å². The highest BCUT2D eigenvalue weighted by Crippen LogP contribution is 2.37. The number of pyridine rings is 1. The van der Waals surface area contributed by atoms with E-state index in [2.05, 4.69) is 44.7 Å². The maximum absolute atomic E-state index is 6.17. The smallest absolute Gasteiger partial charge is 0.399 e. The van der Waals surface area contributed by atoms with E-state index in [4.69, 9.17) is 9.31 Å². The first-order chi connectivity index (χ1) is 10.3. The highest BCUT2D eigenvalue weighted by molar-refractivity contribution is 6.63. The lowest BCUT2D eigenvalue weighted by Gasteiger charge is -2.32. The molecule has 0 atom stereocenters. The molecule has 1 fully saturated rings. The minimum Gasteiger partial charge on any atom is -0.399 e. The van der Waals surface area contributed by atoms with Crippen molar-refractivity contribution in [1.82, 2.24) is 14.8 Å². The number of nitrogens with zero attached hydrogens (tertiary/aromatic N) is 3. The van der Waals surface area contributed by atoms with E-state index < -0.39 is 7.12 Å². The third-order valence-electron chi connectivity index (χ3n) is 4.56. The fraction of sp³-hybridized carbons (Fsp3) is 0.500. The van der Waals surface area contributed by atoms with Gasteiger partial charge in [-0.25, -0.2) is 0 Å². The van der Waals surface area contributed by atoms with Gasteiger partial charge in [-0.2, -0.15) is 5.10 Å². The molecule has 116 valence electrons. The van der Waals surface area contributed by atoms with E-state index in [9.17, 15) is 0 Å². The largest absolute Gasteiger partial charge is 0.498 e. The van der Waals surface area contributed by atoms with Crippen molar-refractivity contribution < 1.29 is 9.31 Å². The summed E-state index contributed by atoms with van der Waals surface area (Å²) in [7, 11) is -0.416. The van der Waals surface area contributed by atoms with Crippen LogP contribution in [0.5, 0.6) is 0 Å². The van der Waals surface area contributed by atoms with Crippen molar-refractivity contribution in [3.8, 4) is 11.3 Å². The average Bonchev–Trinajstić information content (AvgIpc) is 2.99. The molecule has 0 spiro atoms. The molecule has 0 amide bonds. The summed E-state index contributed by atoms with van der Waals surface area (Å²) in [5.74, 6) is 0. The lowest BCUT2D eigenvalue weighted by molar-refractivity contribution is 0.00578. The molecule has 22 heavy (non-hydrogen) atoms. The van der Waals surface area contributed by atoms with Crippen molar-refractivity contribution in [3.63, 3.8) is 0 Å². The fourth-order valence-electron chi connectivity index (χ4n) is 2.47. The van der Waals surface area contributed by atoms with Crippen molar-refractivity contribution in [2.45, 2.75) is 52.4 Å². The molecule has 1 saturated heterocycles. The average molecular weight is 299 g/mol. The summed E-state index contributed by atoms with van der Waals surface area (Å²) in [6.45, 7) is 11.1. The summed E-state index contributed by atoms with van der Waals surface area (Å²) in [6.07, 6.45) is 5.58. The van der Waals surface area contributed by atoms with Gasteiger partial charge in [-0.1, -0.05) is 0 Å². The minimum absolute atomic E-state index is 0.363. The Morgan fingerprint density at radius 3 is 2.41 bits per heavy atom. The van der Waals surface area contributed by atoms with Gasteiger partial charge in [-0.15, -0.1) is 0 Å². The van der Waals surface area contributed by atoms with Gasteiger partial charge in [0, 0.05) is 36.2 Å². The van der Waals surface area contributed by atoms with Crippen LogP contribution in [-0.4, -0.2) is 33.1 Å². The van der Waals surface area contributed by atoms with Crippen molar-refractivity contribution >= 4 is 12.6 Å². The second-order valence-electron chi connectivity index (χ2n) is 6.62. The van der Waals surface area contributed by atoms with Crippen LogP contribution in [0.2, 0.25) is 0 Å². The molecule has 0 radical (unpaired) electrons. The first kappa shape index (κ1) is 15.2. The van der Waals surface area contributed by atoms with Crippen molar-refractivity contribution in [1.29, 1.82) is 0 Å². The van der Waals surface area contributed by atoms with Gasteiger partial charge in [0.2, 0.25) is 0 Å². The summed E-state index contributed by atoms with van der Waals surface area (Å²) in [5.41, 5.74) is 2.07. The van der Waals surface area contributed by atoms with E-state index in [1.165, 1.54) is 0 Å². The quantitative estimate of drug-likeness (QED) is 0.816. The predicted octanol–water partition coefficient (Wildman–Crippen LogP) is 2.26. The van der Waals surface area contributed by atoms with Crippen LogP contribution >= 0.6 is 0 Å². The molecule has 3 rings (SSSR count). The summed E-state index contributed by atoms with van der Waals surface area (Å²) >= 11 is 0. The van der Waals surface area contributed by atoms with Gasteiger partial charge in [-0.3, -0.25) is 9.67 Å². The predicted molar refractivity (Wildman–Crippen MR) is 86.8 cm³/mol. The molecule has 0 N–H and O–H groups in total. The van der Waals surface area contributed by atoms with Gasteiger partial charge in [0.25, 0.3) is 0 Å². The van der Waals surface area contributed by atoms with Gasteiger partial charge in [-0.05, 0) is 46.8 Å². The number of hydrogen-bond donors (Lipinski definition) is 0. The second-order valence-corrected chi connectivity index (χ2v) is 6.62. The minimum atomic E-state index is -0.416. The molecule has 0 bridgehead atoms. The lowest BCUT2D eigenvalue weighted by atomic mass is 9.78. The van der Waals surface area contributed by atoms with Gasteiger partial charge in [0.05, 0.1) is 16.9 Å². The Balaban J connectivity index is 2.03. The van der Waals surface area contributed by atoms with Crippen LogP contribution < -0.4 is 5.46 Å². The zero-order chi connectivity index (χ0) is 16.0. The number of rotatable bonds is 3. The Morgan fingerprint density at radius 1 is 1.18 bits per heavy atom. The molecule has 2 aromatic heterocycles. The van der Waals surface area contributed by atoms with Crippen LogP contribution in [0.3, 0.4) is 0 Å². The van der Waals surface area contributed by atoms with Crippen LogP contribution in [-0.2, 0) is 15.9 Å². The summed E-state index contributed by atoms with van der Waals surface area (Å²) < 4.78 is 14.3. The van der Waals surface area contributed by atoms with Crippen LogP contribution in [0.4, 0.5) is 0 Å². The Hall–Kier alpha value is -1.66. The molecule has 1 aliphatic rings. The molecule has 1 aliphatic heterocycles. The fourth-order valence-corrected chi connectivity index (χ4v) is 2.47. The van der Waals surface area contributed by atoms with Gasteiger partial charge >= 0.3 is 7.12 Å². The first-order valence-corrected chi connectivity index (χ1v) is 7.67. The third kappa shape index (κ3) is 2.46. The monoisotopic (exact) mass is 299 g/mol. The molecule has 5 nitrogen and oxygen atoms in total. The molecule has 0 unspecified atom stereocenters. The molecule has 0 aliphatic carbocycles. The van der Waals surface area contributed by atoms with Crippen LogP contribution in [0.1, 0.15) is 34.6 Å². The molecular weight excluding hydrogens is 277 g/mol. The SMILES string of the molecule is CCn1cc(B2OC(C)(C)C(C)(C)O2)c(-c2cccnc2)n1. The molecule has 3 heterocycles. The Kier molecular flexibility index (Phi) is 3.61. The summed E-state index contributed by atoms with van der Waals surface area (Å²) in [5, 5.41) is 4.66. The molecule has 0 saturated carbocycles. The zero-order valence-corrected chi connectivity index (χ0v) is 13.8. The maximum Gasteiger partial charge on any atom is 0.498 e. The number of aryl methyl sites for hydroxylation is 1. The van der Waals surface area contributed by atoms with Crippen molar-refractivity contribution in [3.05, 3.63) is 30.7 Å². The number of hydrogen-bond acceptors (Lipinski definition) is 4. The maximum atomic E-state index is 6.17. The van der Waals surface area contributed by atoms with Crippen molar-refractivity contribution in [2.75, 3.05) is 0 Å². The Labute approximate surface area is 131 Å². The summed E-state index contributed by atoms with van der Waals surface area (Å²) in [4.78, 5) is 4.19. The zero-order valence-electron chi connectivity index (χ0n) is 13.8. The highest BCUT2D eigenvalue weighted by atomic mass is 16.7. The van der Waals surface area contributed by atoms with E-state index in [0.717, 1.165) is 23.3 Å². The topological polar surface area (TPSA) is 49.2 Å². The second kappa shape index (κ2) is 5.21. The van der Waals surface area contributed by atoms with E-state index in [1.54, 1.807) is 6.20 Å². The van der Waals surface area contributed by atoms with Crippen LogP contribution in [0.25, 0.3) is 11.3 Å². The molecule has 6 heteroatoms.